The molecule has 90 valence electrons. The van der Waals surface area contributed by atoms with Gasteiger partial charge in [-0.3, -0.25) is 4.79 Å². The highest BCUT2D eigenvalue weighted by Gasteiger charge is 2.19. The Morgan fingerprint density at radius 3 is 2.69 bits per heavy atom. The highest BCUT2D eigenvalue weighted by atomic mass is 79.9. The second kappa shape index (κ2) is 6.40. The summed E-state index contributed by atoms with van der Waals surface area (Å²) in [6.45, 7) is 6.10. The molecule has 0 aliphatic rings. The quantitative estimate of drug-likeness (QED) is 0.832. The van der Waals surface area contributed by atoms with Crippen LogP contribution in [0, 0.1) is 5.92 Å². The number of hydrogen-bond acceptors (Lipinski definition) is 2. The molecule has 4 heteroatoms. The maximum absolute atomic E-state index is 11.8. The topological polar surface area (TPSA) is 29.1 Å². The van der Waals surface area contributed by atoms with Gasteiger partial charge >= 0.3 is 0 Å². The van der Waals surface area contributed by atoms with E-state index in [1.54, 1.807) is 11.3 Å². The maximum atomic E-state index is 11.8. The largest absolute Gasteiger partial charge is 0.352 e. The number of amides is 1. The van der Waals surface area contributed by atoms with Crippen molar-refractivity contribution in [1.82, 2.24) is 5.32 Å². The van der Waals surface area contributed by atoms with Gasteiger partial charge in [0.1, 0.15) is 0 Å². The van der Waals surface area contributed by atoms with Gasteiger partial charge in [0.2, 0.25) is 5.91 Å². The van der Waals surface area contributed by atoms with Crippen LogP contribution in [0.15, 0.2) is 16.8 Å². The van der Waals surface area contributed by atoms with E-state index >= 15 is 0 Å². The van der Waals surface area contributed by atoms with E-state index in [2.05, 4.69) is 38.1 Å². The average molecular weight is 304 g/mol. The minimum absolute atomic E-state index is 0.0812. The van der Waals surface area contributed by atoms with Crippen LogP contribution in [0.1, 0.15) is 26.3 Å². The lowest BCUT2D eigenvalue weighted by molar-refractivity contribution is -0.121. The first-order valence-electron chi connectivity index (χ1n) is 5.46. The van der Waals surface area contributed by atoms with Gasteiger partial charge in [-0.1, -0.05) is 29.8 Å². The summed E-state index contributed by atoms with van der Waals surface area (Å²) in [5, 5.41) is 7.20. The van der Waals surface area contributed by atoms with E-state index in [1.807, 2.05) is 20.8 Å². The monoisotopic (exact) mass is 303 g/mol. The van der Waals surface area contributed by atoms with Crippen LogP contribution < -0.4 is 5.32 Å². The first-order chi connectivity index (χ1) is 7.50. The normalized spacial score (nSPS) is 14.8. The van der Waals surface area contributed by atoms with E-state index in [0.29, 0.717) is 5.92 Å². The maximum Gasteiger partial charge on any atom is 0.234 e. The summed E-state index contributed by atoms with van der Waals surface area (Å²) in [6, 6.07) is 2.28. The molecule has 1 amide bonds. The van der Waals surface area contributed by atoms with E-state index < -0.39 is 0 Å². The molecule has 0 radical (unpaired) electrons. The van der Waals surface area contributed by atoms with E-state index in [4.69, 9.17) is 0 Å². The van der Waals surface area contributed by atoms with Crippen LogP contribution in [0.4, 0.5) is 0 Å². The Morgan fingerprint density at radius 1 is 1.50 bits per heavy atom. The molecular weight excluding hydrogens is 286 g/mol. The molecule has 0 bridgehead atoms. The molecule has 0 aliphatic heterocycles. The Hall–Kier alpha value is -0.350. The highest BCUT2D eigenvalue weighted by Crippen LogP contribution is 2.13. The predicted octanol–water partition coefficient (Wildman–Crippen LogP) is 3.21. The van der Waals surface area contributed by atoms with E-state index in [9.17, 15) is 4.79 Å². The van der Waals surface area contributed by atoms with Gasteiger partial charge in [-0.05, 0) is 41.7 Å². The summed E-state index contributed by atoms with van der Waals surface area (Å²) in [4.78, 5) is 11.7. The molecule has 1 aromatic heterocycles. The number of halogens is 1. The molecule has 0 saturated carbocycles. The number of thiophene rings is 1. The lowest BCUT2D eigenvalue weighted by atomic mass is 10.1. The van der Waals surface area contributed by atoms with E-state index in [0.717, 1.165) is 6.42 Å². The lowest BCUT2D eigenvalue weighted by Crippen LogP contribution is -2.40. The van der Waals surface area contributed by atoms with Gasteiger partial charge in [0, 0.05) is 6.04 Å². The van der Waals surface area contributed by atoms with Crippen LogP contribution >= 0.6 is 27.3 Å². The molecule has 0 spiro atoms. The number of nitrogens with one attached hydrogen (secondary N) is 1. The van der Waals surface area contributed by atoms with Gasteiger partial charge in [-0.25, -0.2) is 0 Å². The Kier molecular flexibility index (Phi) is 5.49. The number of hydrogen-bond donors (Lipinski definition) is 1. The third kappa shape index (κ3) is 4.26. The molecule has 1 N–H and O–H groups in total. The molecule has 2 atom stereocenters. The smallest absolute Gasteiger partial charge is 0.234 e. The number of carbonyl (C=O) groups excluding carboxylic acids is 1. The first-order valence-corrected chi connectivity index (χ1v) is 7.32. The van der Waals surface area contributed by atoms with Crippen molar-refractivity contribution < 1.29 is 4.79 Å². The molecule has 0 aromatic carbocycles. The van der Waals surface area contributed by atoms with Crippen LogP contribution in [0.3, 0.4) is 0 Å². The predicted molar refractivity (Wildman–Crippen MR) is 73.2 cm³/mol. The van der Waals surface area contributed by atoms with Crippen molar-refractivity contribution in [2.45, 2.75) is 38.1 Å². The summed E-state index contributed by atoms with van der Waals surface area (Å²) < 4.78 is 0. The fraction of sp³-hybridized carbons (Fsp3) is 0.583. The zero-order valence-corrected chi connectivity index (χ0v) is 12.3. The number of rotatable bonds is 5. The van der Waals surface area contributed by atoms with Crippen molar-refractivity contribution in [2.75, 3.05) is 0 Å². The molecule has 2 unspecified atom stereocenters. The summed E-state index contributed by atoms with van der Waals surface area (Å²) >= 11 is 5.09. The molecule has 1 aromatic rings. The number of carbonyl (C=O) groups is 1. The summed E-state index contributed by atoms with van der Waals surface area (Å²) in [6.07, 6.45) is 0.896. The van der Waals surface area contributed by atoms with Crippen molar-refractivity contribution in [3.05, 3.63) is 22.4 Å². The zero-order valence-electron chi connectivity index (χ0n) is 9.87. The molecule has 16 heavy (non-hydrogen) atoms. The standard InChI is InChI=1S/C12H18BrNOS/c1-8(2)11(13)12(15)14-9(3)6-10-4-5-16-7-10/h4-5,7-9,11H,6H2,1-3H3,(H,14,15). The highest BCUT2D eigenvalue weighted by molar-refractivity contribution is 9.10. The van der Waals surface area contributed by atoms with Crippen molar-refractivity contribution >= 4 is 33.2 Å². The lowest BCUT2D eigenvalue weighted by Gasteiger charge is -2.18. The van der Waals surface area contributed by atoms with Crippen molar-refractivity contribution in [1.29, 1.82) is 0 Å². The van der Waals surface area contributed by atoms with Crippen molar-refractivity contribution in [3.63, 3.8) is 0 Å². The van der Waals surface area contributed by atoms with Gasteiger partial charge in [-0.15, -0.1) is 0 Å². The molecule has 0 saturated heterocycles. The molecule has 2 nitrogen and oxygen atoms in total. The van der Waals surface area contributed by atoms with Crippen molar-refractivity contribution in [3.8, 4) is 0 Å². The van der Waals surface area contributed by atoms with Crippen LogP contribution in [0.2, 0.25) is 0 Å². The molecule has 1 rings (SSSR count). The Labute approximate surface area is 110 Å². The fourth-order valence-corrected chi connectivity index (χ4v) is 2.25. The van der Waals surface area contributed by atoms with Crippen LogP contribution in [0.25, 0.3) is 0 Å². The first kappa shape index (κ1) is 13.7. The number of alkyl halides is 1. The van der Waals surface area contributed by atoms with Gasteiger partial charge in [0.15, 0.2) is 0 Å². The molecular formula is C12H18BrNOS. The second-order valence-electron chi connectivity index (χ2n) is 4.39. The minimum Gasteiger partial charge on any atom is -0.352 e. The van der Waals surface area contributed by atoms with Gasteiger partial charge in [0.05, 0.1) is 4.83 Å². The Bertz CT molecular complexity index is 324. The van der Waals surface area contributed by atoms with Crippen LogP contribution in [-0.4, -0.2) is 16.8 Å². The van der Waals surface area contributed by atoms with Crippen molar-refractivity contribution in [2.24, 2.45) is 5.92 Å². The van der Waals surface area contributed by atoms with Crippen LogP contribution in [-0.2, 0) is 11.2 Å². The SMILES string of the molecule is CC(Cc1ccsc1)NC(=O)C(Br)C(C)C. The summed E-state index contributed by atoms with van der Waals surface area (Å²) in [7, 11) is 0. The minimum atomic E-state index is -0.0996. The van der Waals surface area contributed by atoms with E-state index in [1.165, 1.54) is 5.56 Å². The third-order valence-electron chi connectivity index (χ3n) is 2.35. The molecule has 1 heterocycles. The molecule has 0 fully saturated rings. The van der Waals surface area contributed by atoms with Crippen LogP contribution in [0.5, 0.6) is 0 Å². The van der Waals surface area contributed by atoms with Gasteiger partial charge in [-0.2, -0.15) is 11.3 Å². The fourth-order valence-electron chi connectivity index (χ4n) is 1.44. The van der Waals surface area contributed by atoms with Gasteiger partial charge < -0.3 is 5.32 Å². The molecule has 0 aliphatic carbocycles. The zero-order chi connectivity index (χ0) is 12.1. The average Bonchev–Trinajstić information content (AvgIpc) is 2.68. The second-order valence-corrected chi connectivity index (χ2v) is 6.16. The van der Waals surface area contributed by atoms with E-state index in [-0.39, 0.29) is 16.8 Å². The Morgan fingerprint density at radius 2 is 2.19 bits per heavy atom. The van der Waals surface area contributed by atoms with Gasteiger partial charge in [0.25, 0.3) is 0 Å². The third-order valence-corrected chi connectivity index (χ3v) is 4.55. The summed E-state index contributed by atoms with van der Waals surface area (Å²) in [5.41, 5.74) is 1.29. The summed E-state index contributed by atoms with van der Waals surface area (Å²) in [5.74, 6) is 0.395. The Balaban J connectivity index is 2.39.